The van der Waals surface area contributed by atoms with Gasteiger partial charge in [-0.25, -0.2) is 0 Å². The van der Waals surface area contributed by atoms with E-state index in [9.17, 15) is 0 Å². The van der Waals surface area contributed by atoms with E-state index in [0.717, 1.165) is 6.42 Å². The maximum Gasteiger partial charge on any atom is -0.0123 e. The fraction of sp³-hybridized carbons (Fsp3) is 0.0833. The molecule has 0 aliphatic heterocycles. The van der Waals surface area contributed by atoms with Gasteiger partial charge in [0.15, 0.2) is 0 Å². The first-order valence-electron chi connectivity index (χ1n) is 4.21. The van der Waals surface area contributed by atoms with Crippen LogP contribution in [-0.4, -0.2) is 0 Å². The van der Waals surface area contributed by atoms with E-state index in [1.807, 2.05) is 6.07 Å². The zero-order valence-corrected chi connectivity index (χ0v) is 6.90. The molecule has 1 aliphatic rings. The van der Waals surface area contributed by atoms with Crippen molar-refractivity contribution < 1.29 is 0 Å². The average molecular weight is 155 g/mol. The van der Waals surface area contributed by atoms with Crippen LogP contribution in [-0.2, 0) is 0 Å². The van der Waals surface area contributed by atoms with E-state index in [-0.39, 0.29) is 0 Å². The molecule has 0 spiro atoms. The minimum absolute atomic E-state index is 1.06. The Morgan fingerprint density at radius 1 is 0.917 bits per heavy atom. The Labute approximate surface area is 73.2 Å². The lowest BCUT2D eigenvalue weighted by Crippen LogP contribution is -1.87. The van der Waals surface area contributed by atoms with Crippen molar-refractivity contribution in [2.24, 2.45) is 0 Å². The second-order valence-corrected chi connectivity index (χ2v) is 2.88. The van der Waals surface area contributed by atoms with Crippen LogP contribution in [0.3, 0.4) is 0 Å². The van der Waals surface area contributed by atoms with Gasteiger partial charge in [-0.2, -0.15) is 0 Å². The minimum atomic E-state index is 1.06. The van der Waals surface area contributed by atoms with Crippen LogP contribution in [0.1, 0.15) is 12.0 Å². The van der Waals surface area contributed by atoms with Crippen molar-refractivity contribution >= 4 is 5.57 Å². The molecule has 0 aromatic heterocycles. The van der Waals surface area contributed by atoms with E-state index in [0.29, 0.717) is 0 Å². The summed E-state index contributed by atoms with van der Waals surface area (Å²) in [5.41, 5.74) is 2.73. The van der Waals surface area contributed by atoms with Crippen molar-refractivity contribution in [1.29, 1.82) is 0 Å². The lowest BCUT2D eigenvalue weighted by Gasteiger charge is -2.07. The first-order valence-corrected chi connectivity index (χ1v) is 4.21. The van der Waals surface area contributed by atoms with E-state index in [1.54, 1.807) is 0 Å². The van der Waals surface area contributed by atoms with Crippen LogP contribution in [0.25, 0.3) is 5.57 Å². The summed E-state index contributed by atoms with van der Waals surface area (Å²) in [4.78, 5) is 0. The van der Waals surface area contributed by atoms with Crippen LogP contribution in [0, 0.1) is 6.42 Å². The second-order valence-electron chi connectivity index (χ2n) is 2.88. The number of hydrogen-bond acceptors (Lipinski definition) is 0. The molecule has 0 heterocycles. The lowest BCUT2D eigenvalue weighted by atomic mass is 9.98. The fourth-order valence-corrected chi connectivity index (χ4v) is 1.38. The molecule has 0 bridgehead atoms. The van der Waals surface area contributed by atoms with E-state index < -0.39 is 0 Å². The van der Waals surface area contributed by atoms with Gasteiger partial charge >= 0.3 is 0 Å². The van der Waals surface area contributed by atoms with Gasteiger partial charge < -0.3 is 0 Å². The number of benzene rings is 1. The molecule has 0 fully saturated rings. The Bertz CT molecular complexity index is 304. The van der Waals surface area contributed by atoms with Gasteiger partial charge in [0, 0.05) is 0 Å². The Kier molecular flexibility index (Phi) is 2.08. The molecule has 0 amide bonds. The van der Waals surface area contributed by atoms with Gasteiger partial charge in [-0.05, 0) is 24.0 Å². The molecule has 0 saturated heterocycles. The van der Waals surface area contributed by atoms with Crippen molar-refractivity contribution in [3.8, 4) is 0 Å². The standard InChI is InChI=1S/C12H11/c1-3-7-11(8-4-1)12-9-5-2-6-10-12/h1-9H,10H2. The zero-order chi connectivity index (χ0) is 8.23. The predicted octanol–water partition coefficient (Wildman–Crippen LogP) is 3.23. The zero-order valence-electron chi connectivity index (χ0n) is 6.90. The van der Waals surface area contributed by atoms with Gasteiger partial charge in [-0.1, -0.05) is 48.6 Å². The largest absolute Gasteiger partial charge is 0.0805 e. The number of hydrogen-bond donors (Lipinski definition) is 0. The molecule has 1 aliphatic carbocycles. The van der Waals surface area contributed by atoms with Crippen molar-refractivity contribution in [1.82, 2.24) is 0 Å². The third-order valence-corrected chi connectivity index (χ3v) is 2.03. The molecule has 2 rings (SSSR count). The highest BCUT2D eigenvalue weighted by molar-refractivity contribution is 5.69. The normalized spacial score (nSPS) is 15.8. The highest BCUT2D eigenvalue weighted by atomic mass is 14.1. The van der Waals surface area contributed by atoms with Gasteiger partial charge in [-0.3, -0.25) is 0 Å². The molecule has 59 valence electrons. The van der Waals surface area contributed by atoms with E-state index in [4.69, 9.17) is 0 Å². The average Bonchev–Trinajstić information content (AvgIpc) is 2.21. The number of allylic oxidation sites excluding steroid dienone is 4. The second kappa shape index (κ2) is 3.40. The summed E-state index contributed by atoms with van der Waals surface area (Å²) in [5.74, 6) is 0. The molecule has 0 unspecified atom stereocenters. The molecular formula is C12H11. The van der Waals surface area contributed by atoms with Crippen molar-refractivity contribution in [2.75, 3.05) is 0 Å². The SMILES string of the molecule is [CH]1C=CC=C(c2ccccc2)C1. The number of rotatable bonds is 1. The van der Waals surface area contributed by atoms with Gasteiger partial charge in [0.1, 0.15) is 0 Å². The predicted molar refractivity (Wildman–Crippen MR) is 52.5 cm³/mol. The first-order chi connectivity index (χ1) is 5.97. The van der Waals surface area contributed by atoms with Gasteiger partial charge in [-0.15, -0.1) is 0 Å². The molecule has 1 aromatic rings. The fourth-order valence-electron chi connectivity index (χ4n) is 1.38. The molecule has 12 heavy (non-hydrogen) atoms. The summed E-state index contributed by atoms with van der Waals surface area (Å²) in [7, 11) is 0. The van der Waals surface area contributed by atoms with Crippen LogP contribution in [0.2, 0.25) is 0 Å². The maximum absolute atomic E-state index is 2.18. The van der Waals surface area contributed by atoms with Crippen LogP contribution < -0.4 is 0 Å². The van der Waals surface area contributed by atoms with Gasteiger partial charge in [0.25, 0.3) is 0 Å². The van der Waals surface area contributed by atoms with Crippen LogP contribution in [0.15, 0.2) is 48.6 Å². The minimum Gasteiger partial charge on any atom is -0.0805 e. The summed E-state index contributed by atoms with van der Waals surface area (Å²) in [5, 5.41) is 0. The summed E-state index contributed by atoms with van der Waals surface area (Å²) in [6.45, 7) is 0. The summed E-state index contributed by atoms with van der Waals surface area (Å²) in [6, 6.07) is 10.5. The highest BCUT2D eigenvalue weighted by Crippen LogP contribution is 2.21. The topological polar surface area (TPSA) is 0 Å². The molecule has 1 radical (unpaired) electrons. The summed E-state index contributed by atoms with van der Waals surface area (Å²) < 4.78 is 0. The molecular weight excluding hydrogens is 144 g/mol. The summed E-state index contributed by atoms with van der Waals surface area (Å²) >= 11 is 0. The molecule has 0 nitrogen and oxygen atoms in total. The van der Waals surface area contributed by atoms with Crippen molar-refractivity contribution in [3.63, 3.8) is 0 Å². The molecule has 0 N–H and O–H groups in total. The Morgan fingerprint density at radius 3 is 2.42 bits per heavy atom. The molecule has 0 saturated carbocycles. The van der Waals surface area contributed by atoms with E-state index in [2.05, 4.69) is 48.9 Å². The molecule has 0 atom stereocenters. The van der Waals surface area contributed by atoms with Crippen LogP contribution in [0.4, 0.5) is 0 Å². The third kappa shape index (κ3) is 1.48. The van der Waals surface area contributed by atoms with Crippen molar-refractivity contribution in [3.05, 3.63) is 60.5 Å². The lowest BCUT2D eigenvalue weighted by molar-refractivity contribution is 1.28. The van der Waals surface area contributed by atoms with Crippen LogP contribution >= 0.6 is 0 Å². The van der Waals surface area contributed by atoms with E-state index in [1.165, 1.54) is 11.1 Å². The molecule has 0 heteroatoms. The van der Waals surface area contributed by atoms with E-state index >= 15 is 0 Å². The Balaban J connectivity index is 2.31. The third-order valence-electron chi connectivity index (χ3n) is 2.03. The molecule has 1 aromatic carbocycles. The van der Waals surface area contributed by atoms with Crippen LogP contribution in [0.5, 0.6) is 0 Å². The monoisotopic (exact) mass is 155 g/mol. The first kappa shape index (κ1) is 7.35. The quantitative estimate of drug-likeness (QED) is 0.584. The Morgan fingerprint density at radius 2 is 1.75 bits per heavy atom. The highest BCUT2D eigenvalue weighted by Gasteiger charge is 2.00. The van der Waals surface area contributed by atoms with Gasteiger partial charge in [0.2, 0.25) is 0 Å². The smallest absolute Gasteiger partial charge is 0.0123 e. The maximum atomic E-state index is 2.18. The Hall–Kier alpha value is -1.30. The summed E-state index contributed by atoms with van der Waals surface area (Å²) in [6.07, 6.45) is 9.59. The van der Waals surface area contributed by atoms with Crippen molar-refractivity contribution in [2.45, 2.75) is 6.42 Å². The van der Waals surface area contributed by atoms with Gasteiger partial charge in [0.05, 0.1) is 0 Å².